The predicted octanol–water partition coefficient (Wildman–Crippen LogP) is 8.81. The monoisotopic (exact) mass is 698 g/mol. The molecule has 0 amide bonds. The summed E-state index contributed by atoms with van der Waals surface area (Å²) in [6.45, 7) is 4.25. The highest BCUT2D eigenvalue weighted by Crippen LogP contribution is 2.49. The first-order valence-corrected chi connectivity index (χ1v) is 15.0. The molecule has 2 aromatic carbocycles. The fraction of sp³-hybridized carbons (Fsp3) is 0.429. The Morgan fingerprint density at radius 2 is 0.952 bits per heavy atom. The van der Waals surface area contributed by atoms with Crippen molar-refractivity contribution in [3.8, 4) is 11.5 Å². The van der Waals surface area contributed by atoms with Crippen LogP contribution in [0.25, 0.3) is 0 Å². The molecule has 4 rings (SSSR count). The molecule has 42 heavy (non-hydrogen) atoms. The van der Waals surface area contributed by atoms with Crippen molar-refractivity contribution in [1.82, 2.24) is 0 Å². The SMILES string of the molecule is CC1(CCOC(=O)c2c(Cl)c(Cl)cc(Cl)c2OC(=O)C(=O)Oc2c(Cl)cc(Cl)c(Cl)c2C(=O)OCCC2(C)CC2)CC1. The van der Waals surface area contributed by atoms with Crippen molar-refractivity contribution in [3.05, 3.63) is 53.4 Å². The molecule has 0 heterocycles. The van der Waals surface area contributed by atoms with E-state index >= 15 is 0 Å². The Kier molecular flexibility index (Phi) is 10.2. The summed E-state index contributed by atoms with van der Waals surface area (Å²) in [5.41, 5.74) is -0.724. The standard InChI is InChI=1S/C28H24Cl6O8/c1-27(3-4-27)7-9-39-23(35)17-19(33)13(29)11-15(31)21(17)41-25(37)26(38)42-22-16(32)12-14(30)20(34)18(22)24(36)40-10-8-28(2)5-6-28/h11-12H,3-10H2,1-2H3. The van der Waals surface area contributed by atoms with Crippen LogP contribution in [0.4, 0.5) is 0 Å². The van der Waals surface area contributed by atoms with Crippen LogP contribution in [0.1, 0.15) is 73.1 Å². The van der Waals surface area contributed by atoms with Crippen LogP contribution in [0, 0.1) is 10.8 Å². The smallest absolute Gasteiger partial charge is 0.423 e. The normalized spacial score (nSPS) is 15.9. The quantitative estimate of drug-likeness (QED) is 0.105. The third kappa shape index (κ3) is 7.76. The fourth-order valence-electron chi connectivity index (χ4n) is 3.84. The molecule has 0 atom stereocenters. The van der Waals surface area contributed by atoms with Gasteiger partial charge in [-0.3, -0.25) is 0 Å². The molecule has 0 aliphatic heterocycles. The molecule has 2 saturated carbocycles. The Balaban J connectivity index is 1.53. The molecule has 2 fully saturated rings. The van der Waals surface area contributed by atoms with Crippen LogP contribution in [-0.4, -0.2) is 37.1 Å². The van der Waals surface area contributed by atoms with Crippen LogP contribution < -0.4 is 9.47 Å². The van der Waals surface area contributed by atoms with E-state index in [-0.39, 0.29) is 54.2 Å². The van der Waals surface area contributed by atoms with E-state index in [2.05, 4.69) is 13.8 Å². The highest BCUT2D eigenvalue weighted by atomic mass is 35.5. The van der Waals surface area contributed by atoms with Crippen molar-refractivity contribution in [2.45, 2.75) is 52.4 Å². The zero-order valence-corrected chi connectivity index (χ0v) is 26.9. The van der Waals surface area contributed by atoms with Crippen LogP contribution in [0.3, 0.4) is 0 Å². The largest absolute Gasteiger partial charge is 0.462 e. The van der Waals surface area contributed by atoms with Gasteiger partial charge in [-0.25, -0.2) is 19.2 Å². The summed E-state index contributed by atoms with van der Waals surface area (Å²) in [4.78, 5) is 51.4. The molecular weight excluding hydrogens is 677 g/mol. The van der Waals surface area contributed by atoms with E-state index in [1.807, 2.05) is 0 Å². The summed E-state index contributed by atoms with van der Waals surface area (Å²) in [5.74, 6) is -6.38. The highest BCUT2D eigenvalue weighted by Gasteiger charge is 2.38. The Morgan fingerprint density at radius 1 is 0.619 bits per heavy atom. The van der Waals surface area contributed by atoms with Gasteiger partial charge in [0.05, 0.1) is 43.3 Å². The summed E-state index contributed by atoms with van der Waals surface area (Å²) >= 11 is 37.0. The van der Waals surface area contributed by atoms with Gasteiger partial charge in [-0.05, 0) is 61.5 Å². The molecule has 2 aliphatic carbocycles. The van der Waals surface area contributed by atoms with Gasteiger partial charge in [-0.2, -0.15) is 0 Å². The van der Waals surface area contributed by atoms with E-state index in [4.69, 9.17) is 88.6 Å². The maximum Gasteiger partial charge on any atom is 0.423 e. The Labute approximate surface area is 271 Å². The minimum Gasteiger partial charge on any atom is -0.462 e. The molecule has 0 N–H and O–H groups in total. The number of carbonyl (C=O) groups is 4. The molecule has 0 bridgehead atoms. The van der Waals surface area contributed by atoms with E-state index < -0.39 is 46.5 Å². The van der Waals surface area contributed by atoms with Gasteiger partial charge in [-0.1, -0.05) is 83.5 Å². The molecule has 226 valence electrons. The third-order valence-corrected chi connectivity index (χ3v) is 9.44. The maximum absolute atomic E-state index is 12.9. The predicted molar refractivity (Wildman–Crippen MR) is 159 cm³/mol. The van der Waals surface area contributed by atoms with E-state index in [1.165, 1.54) is 0 Å². The van der Waals surface area contributed by atoms with Gasteiger partial charge in [0.1, 0.15) is 11.1 Å². The topological polar surface area (TPSA) is 105 Å². The van der Waals surface area contributed by atoms with Gasteiger partial charge >= 0.3 is 23.9 Å². The van der Waals surface area contributed by atoms with Gasteiger partial charge in [0, 0.05) is 0 Å². The minimum atomic E-state index is -1.64. The first-order chi connectivity index (χ1) is 19.6. The zero-order valence-electron chi connectivity index (χ0n) is 22.3. The fourth-order valence-corrected chi connectivity index (χ4v) is 5.28. The van der Waals surface area contributed by atoms with Crippen LogP contribution >= 0.6 is 69.6 Å². The van der Waals surface area contributed by atoms with Crippen molar-refractivity contribution >= 4 is 93.5 Å². The molecule has 2 aliphatic rings. The first kappa shape index (κ1) is 33.0. The molecule has 8 nitrogen and oxygen atoms in total. The van der Waals surface area contributed by atoms with E-state index in [0.29, 0.717) is 12.8 Å². The molecule has 0 radical (unpaired) electrons. The van der Waals surface area contributed by atoms with Crippen molar-refractivity contribution in [2.24, 2.45) is 10.8 Å². The molecule has 0 unspecified atom stereocenters. The zero-order chi connectivity index (χ0) is 31.0. The summed E-state index contributed by atoms with van der Waals surface area (Å²) in [6, 6.07) is 2.24. The number of rotatable bonds is 10. The minimum absolute atomic E-state index is 0.0686. The summed E-state index contributed by atoms with van der Waals surface area (Å²) in [6.07, 6.45) is 5.28. The van der Waals surface area contributed by atoms with Gasteiger partial charge in [0.2, 0.25) is 0 Å². The van der Waals surface area contributed by atoms with Crippen LogP contribution in [-0.2, 0) is 19.1 Å². The van der Waals surface area contributed by atoms with Gasteiger partial charge in [-0.15, -0.1) is 0 Å². The van der Waals surface area contributed by atoms with Crippen molar-refractivity contribution in [2.75, 3.05) is 13.2 Å². The Hall–Kier alpha value is -1.94. The average Bonchev–Trinajstić information content (AvgIpc) is 3.84. The summed E-state index contributed by atoms with van der Waals surface area (Å²) in [5, 5.41) is -1.48. The van der Waals surface area contributed by atoms with E-state index in [1.54, 1.807) is 0 Å². The van der Waals surface area contributed by atoms with Crippen molar-refractivity contribution < 1.29 is 38.1 Å². The second-order valence-electron chi connectivity index (χ2n) is 10.9. The van der Waals surface area contributed by atoms with Crippen LogP contribution in [0.5, 0.6) is 11.5 Å². The summed E-state index contributed by atoms with van der Waals surface area (Å²) < 4.78 is 20.9. The molecule has 14 heteroatoms. The lowest BCUT2D eigenvalue weighted by Crippen LogP contribution is -2.27. The lowest BCUT2D eigenvalue weighted by atomic mass is 10.1. The van der Waals surface area contributed by atoms with E-state index in [9.17, 15) is 19.2 Å². The number of esters is 4. The number of hydrogen-bond acceptors (Lipinski definition) is 8. The maximum atomic E-state index is 12.9. The van der Waals surface area contributed by atoms with Crippen molar-refractivity contribution in [1.29, 1.82) is 0 Å². The Morgan fingerprint density at radius 3 is 1.26 bits per heavy atom. The number of carbonyl (C=O) groups excluding carboxylic acids is 4. The second-order valence-corrected chi connectivity index (χ2v) is 13.3. The lowest BCUT2D eigenvalue weighted by Gasteiger charge is -2.16. The second kappa shape index (κ2) is 13.0. The number of benzene rings is 2. The highest BCUT2D eigenvalue weighted by molar-refractivity contribution is 6.47. The average molecular weight is 701 g/mol. The van der Waals surface area contributed by atoms with Gasteiger partial charge in [0.25, 0.3) is 0 Å². The van der Waals surface area contributed by atoms with Crippen molar-refractivity contribution in [3.63, 3.8) is 0 Å². The number of halogens is 6. The number of ether oxygens (including phenoxy) is 4. The lowest BCUT2D eigenvalue weighted by molar-refractivity contribution is -0.156. The summed E-state index contributed by atoms with van der Waals surface area (Å²) in [7, 11) is 0. The number of hydrogen-bond donors (Lipinski definition) is 0. The molecule has 0 saturated heterocycles. The molecular formula is C28H24Cl6O8. The van der Waals surface area contributed by atoms with Gasteiger partial charge < -0.3 is 18.9 Å². The first-order valence-electron chi connectivity index (χ1n) is 12.8. The van der Waals surface area contributed by atoms with E-state index in [0.717, 1.165) is 37.8 Å². The molecule has 0 aromatic heterocycles. The third-order valence-electron chi connectivity index (χ3n) is 7.30. The van der Waals surface area contributed by atoms with Gasteiger partial charge in [0.15, 0.2) is 11.5 Å². The Bertz CT molecular complexity index is 1360. The van der Waals surface area contributed by atoms with Crippen LogP contribution in [0.15, 0.2) is 12.1 Å². The molecule has 0 spiro atoms. The molecule has 2 aromatic rings. The van der Waals surface area contributed by atoms with Crippen LogP contribution in [0.2, 0.25) is 30.1 Å².